The van der Waals surface area contributed by atoms with Crippen LogP contribution in [-0.2, 0) is 0 Å². The smallest absolute Gasteiger partial charge is 0.186 e. The first kappa shape index (κ1) is 24.7. The normalized spacial score (nSPS) is 15.9. The van der Waals surface area contributed by atoms with Crippen molar-refractivity contribution in [2.75, 3.05) is 24.5 Å². The SMILES string of the molecule is CCCCCC(c1ccc(C#N)c(C)c1)N1CCC(N(CCC)c2nc3ccccc3s2)CC1. The van der Waals surface area contributed by atoms with Crippen LogP contribution in [-0.4, -0.2) is 35.6 Å². The molecule has 1 fully saturated rings. The third-order valence-electron chi connectivity index (χ3n) is 7.21. The average molecular weight is 475 g/mol. The Kier molecular flexibility index (Phi) is 8.59. The van der Waals surface area contributed by atoms with Crippen molar-refractivity contribution in [3.05, 3.63) is 59.2 Å². The molecular formula is C29H38N4S. The largest absolute Gasteiger partial charge is 0.345 e. The van der Waals surface area contributed by atoms with Crippen LogP contribution in [0.15, 0.2) is 42.5 Å². The number of aryl methyl sites for hydroxylation is 1. The molecular weight excluding hydrogens is 436 g/mol. The lowest BCUT2D eigenvalue weighted by atomic mass is 9.93. The number of para-hydroxylation sites is 1. The van der Waals surface area contributed by atoms with E-state index in [0.717, 1.165) is 42.7 Å². The number of thiazole rings is 1. The van der Waals surface area contributed by atoms with E-state index in [2.05, 4.69) is 73.0 Å². The van der Waals surface area contributed by atoms with Crippen LogP contribution in [0.3, 0.4) is 0 Å². The minimum absolute atomic E-state index is 0.445. The summed E-state index contributed by atoms with van der Waals surface area (Å²) in [5.74, 6) is 0. The van der Waals surface area contributed by atoms with E-state index < -0.39 is 0 Å². The van der Waals surface area contributed by atoms with Gasteiger partial charge in [-0.25, -0.2) is 4.98 Å². The second-order valence-corrected chi connectivity index (χ2v) is 10.6. The molecule has 4 nitrogen and oxygen atoms in total. The predicted molar refractivity (Wildman–Crippen MR) is 145 cm³/mol. The number of nitrogens with zero attached hydrogens (tertiary/aromatic N) is 4. The monoisotopic (exact) mass is 474 g/mol. The molecule has 4 rings (SSSR count). The Hall–Kier alpha value is -2.42. The van der Waals surface area contributed by atoms with Gasteiger partial charge in [0.25, 0.3) is 0 Å². The van der Waals surface area contributed by atoms with Crippen LogP contribution in [0.1, 0.15) is 81.5 Å². The van der Waals surface area contributed by atoms with Crippen LogP contribution in [0.5, 0.6) is 0 Å². The second-order valence-electron chi connectivity index (χ2n) is 9.62. The van der Waals surface area contributed by atoms with Crippen LogP contribution in [0, 0.1) is 18.3 Å². The zero-order valence-corrected chi connectivity index (χ0v) is 21.8. The molecule has 2 heterocycles. The Labute approximate surface area is 209 Å². The number of rotatable bonds is 10. The van der Waals surface area contributed by atoms with Crippen molar-refractivity contribution in [3.8, 4) is 6.07 Å². The van der Waals surface area contributed by atoms with Gasteiger partial charge in [-0.15, -0.1) is 0 Å². The maximum Gasteiger partial charge on any atom is 0.186 e. The summed E-state index contributed by atoms with van der Waals surface area (Å²) in [6.07, 6.45) is 8.47. The molecule has 0 spiro atoms. The zero-order chi connectivity index (χ0) is 23.9. The number of fused-ring (bicyclic) bond motifs is 1. The summed E-state index contributed by atoms with van der Waals surface area (Å²) in [6, 6.07) is 18.3. The molecule has 1 saturated heterocycles. The van der Waals surface area contributed by atoms with E-state index in [4.69, 9.17) is 4.98 Å². The molecule has 3 aromatic rings. The van der Waals surface area contributed by atoms with Crippen LogP contribution in [0.25, 0.3) is 10.2 Å². The van der Waals surface area contributed by atoms with Gasteiger partial charge in [-0.2, -0.15) is 5.26 Å². The van der Waals surface area contributed by atoms with Gasteiger partial charge in [-0.05, 0) is 61.9 Å². The van der Waals surface area contributed by atoms with E-state index in [1.54, 1.807) is 0 Å². The fraction of sp³-hybridized carbons (Fsp3) is 0.517. The van der Waals surface area contributed by atoms with Gasteiger partial charge in [0.15, 0.2) is 5.13 Å². The van der Waals surface area contributed by atoms with Gasteiger partial charge in [0.1, 0.15) is 0 Å². The molecule has 34 heavy (non-hydrogen) atoms. The van der Waals surface area contributed by atoms with Crippen LogP contribution >= 0.6 is 11.3 Å². The van der Waals surface area contributed by atoms with Crippen LogP contribution in [0.2, 0.25) is 0 Å². The van der Waals surface area contributed by atoms with Gasteiger partial charge in [0, 0.05) is 31.7 Å². The van der Waals surface area contributed by atoms with Gasteiger partial charge >= 0.3 is 0 Å². The molecule has 1 aromatic heterocycles. The maximum atomic E-state index is 9.37. The number of benzene rings is 2. The fourth-order valence-electron chi connectivity index (χ4n) is 5.33. The Morgan fingerprint density at radius 1 is 1.12 bits per heavy atom. The van der Waals surface area contributed by atoms with Crippen molar-refractivity contribution in [1.82, 2.24) is 9.88 Å². The summed E-state index contributed by atoms with van der Waals surface area (Å²) in [4.78, 5) is 10.3. The topological polar surface area (TPSA) is 43.2 Å². The van der Waals surface area contributed by atoms with Crippen molar-refractivity contribution >= 4 is 26.7 Å². The molecule has 0 N–H and O–H groups in total. The van der Waals surface area contributed by atoms with E-state index in [-0.39, 0.29) is 0 Å². The Morgan fingerprint density at radius 3 is 2.59 bits per heavy atom. The number of piperidine rings is 1. The molecule has 0 saturated carbocycles. The Bertz CT molecular complexity index is 1070. The van der Waals surface area contributed by atoms with Gasteiger partial charge in [-0.3, -0.25) is 4.90 Å². The molecule has 1 aliphatic heterocycles. The fourth-order valence-corrected chi connectivity index (χ4v) is 6.40. The van der Waals surface area contributed by atoms with E-state index in [1.807, 2.05) is 17.4 Å². The highest BCUT2D eigenvalue weighted by atomic mass is 32.1. The summed E-state index contributed by atoms with van der Waals surface area (Å²) in [6.45, 7) is 9.91. The maximum absolute atomic E-state index is 9.37. The van der Waals surface area contributed by atoms with Crippen LogP contribution < -0.4 is 4.90 Å². The van der Waals surface area contributed by atoms with Crippen molar-refractivity contribution in [1.29, 1.82) is 5.26 Å². The molecule has 0 bridgehead atoms. The molecule has 1 aliphatic rings. The second kappa shape index (κ2) is 11.8. The summed E-state index contributed by atoms with van der Waals surface area (Å²) in [5.41, 5.74) is 4.39. The van der Waals surface area contributed by atoms with Gasteiger partial charge in [-0.1, -0.05) is 68.7 Å². The molecule has 0 amide bonds. The van der Waals surface area contributed by atoms with Gasteiger partial charge < -0.3 is 4.90 Å². The Morgan fingerprint density at radius 2 is 1.91 bits per heavy atom. The van der Waals surface area contributed by atoms with E-state index >= 15 is 0 Å². The van der Waals surface area contributed by atoms with E-state index in [0.29, 0.717) is 12.1 Å². The molecule has 180 valence electrons. The highest BCUT2D eigenvalue weighted by Crippen LogP contribution is 2.35. The summed E-state index contributed by atoms with van der Waals surface area (Å²) >= 11 is 1.84. The van der Waals surface area contributed by atoms with Crippen molar-refractivity contribution in [2.24, 2.45) is 0 Å². The zero-order valence-electron chi connectivity index (χ0n) is 21.0. The quantitative estimate of drug-likeness (QED) is 0.286. The van der Waals surface area contributed by atoms with Crippen molar-refractivity contribution in [2.45, 2.75) is 77.8 Å². The number of anilines is 1. The minimum Gasteiger partial charge on any atom is -0.345 e. The number of aromatic nitrogens is 1. The molecule has 1 unspecified atom stereocenters. The average Bonchev–Trinajstić information content (AvgIpc) is 3.29. The number of hydrogen-bond acceptors (Lipinski definition) is 5. The van der Waals surface area contributed by atoms with Crippen molar-refractivity contribution < 1.29 is 0 Å². The molecule has 1 atom stereocenters. The number of likely N-dealkylation sites (tertiary alicyclic amines) is 1. The van der Waals surface area contributed by atoms with E-state index in [9.17, 15) is 5.26 Å². The lowest BCUT2D eigenvalue weighted by Gasteiger charge is -2.42. The minimum atomic E-state index is 0.445. The summed E-state index contributed by atoms with van der Waals surface area (Å²) < 4.78 is 1.28. The highest BCUT2D eigenvalue weighted by Gasteiger charge is 2.30. The van der Waals surface area contributed by atoms with E-state index in [1.165, 1.54) is 53.9 Å². The molecule has 5 heteroatoms. The first-order valence-corrected chi connectivity index (χ1v) is 13.8. The number of hydrogen-bond donors (Lipinski definition) is 0. The van der Waals surface area contributed by atoms with Gasteiger partial charge in [0.05, 0.1) is 21.8 Å². The third kappa shape index (κ3) is 5.62. The lowest BCUT2D eigenvalue weighted by molar-refractivity contribution is 0.141. The number of unbranched alkanes of at least 4 members (excludes halogenated alkanes) is 2. The van der Waals surface area contributed by atoms with Crippen molar-refractivity contribution in [3.63, 3.8) is 0 Å². The summed E-state index contributed by atoms with van der Waals surface area (Å²) in [7, 11) is 0. The molecule has 0 aliphatic carbocycles. The van der Waals surface area contributed by atoms with Crippen LogP contribution in [0.4, 0.5) is 5.13 Å². The van der Waals surface area contributed by atoms with Gasteiger partial charge in [0.2, 0.25) is 0 Å². The summed E-state index contributed by atoms with van der Waals surface area (Å²) in [5, 5.41) is 10.5. The predicted octanol–water partition coefficient (Wildman–Crippen LogP) is 7.48. The first-order chi connectivity index (χ1) is 16.6. The lowest BCUT2D eigenvalue weighted by Crippen LogP contribution is -2.46. The molecule has 0 radical (unpaired) electrons. The Balaban J connectivity index is 1.49. The highest BCUT2D eigenvalue weighted by molar-refractivity contribution is 7.22. The number of nitriles is 1. The third-order valence-corrected chi connectivity index (χ3v) is 8.28. The molecule has 2 aromatic carbocycles. The first-order valence-electron chi connectivity index (χ1n) is 13.0. The standard InChI is InChI=1S/C29H38N4S/c1-4-6-7-11-27(23-13-14-24(21-30)22(3)20-23)32-18-15-25(16-19-32)33(17-5-2)29-31-26-10-8-9-12-28(26)34-29/h8-10,12-14,20,25,27H,4-7,11,15-19H2,1-3H3.